The van der Waals surface area contributed by atoms with Crippen molar-refractivity contribution in [3.63, 3.8) is 0 Å². The Labute approximate surface area is 78.5 Å². The Bertz CT molecular complexity index is 138. The molecule has 0 bridgehead atoms. The van der Waals surface area contributed by atoms with E-state index in [2.05, 4.69) is 0 Å². The second kappa shape index (κ2) is 5.50. The number of halogens is 2. The van der Waals surface area contributed by atoms with Gasteiger partial charge in [-0.05, 0) is 19.9 Å². The summed E-state index contributed by atoms with van der Waals surface area (Å²) in [5, 5.41) is 9.83. The molecule has 0 aromatic heterocycles. The molecule has 0 saturated heterocycles. The first-order chi connectivity index (χ1) is 5.93. The maximum absolute atomic E-state index is 11.9. The Kier molecular flexibility index (Phi) is 5.40. The van der Waals surface area contributed by atoms with E-state index in [0.29, 0.717) is 19.4 Å². The molecule has 1 N–H and O–H groups in total. The number of alkyl halides is 2. The number of hydrogen-bond donors (Lipinski definition) is 1. The molecule has 0 spiro atoms. The largest absolute Gasteiger partial charge is 0.389 e. The Morgan fingerprint density at radius 3 is 2.08 bits per heavy atom. The van der Waals surface area contributed by atoms with Gasteiger partial charge in [-0.2, -0.15) is 0 Å². The van der Waals surface area contributed by atoms with Crippen LogP contribution < -0.4 is 0 Å². The third-order valence-corrected chi connectivity index (χ3v) is 2.33. The van der Waals surface area contributed by atoms with Crippen LogP contribution in [0.4, 0.5) is 8.78 Å². The van der Waals surface area contributed by atoms with E-state index in [-0.39, 0.29) is 6.54 Å². The third-order valence-electron chi connectivity index (χ3n) is 2.33. The van der Waals surface area contributed by atoms with Gasteiger partial charge in [-0.3, -0.25) is 4.90 Å². The van der Waals surface area contributed by atoms with Crippen LogP contribution in [0.15, 0.2) is 0 Å². The minimum Gasteiger partial charge on any atom is -0.389 e. The summed E-state index contributed by atoms with van der Waals surface area (Å²) < 4.78 is 23.9. The summed E-state index contributed by atoms with van der Waals surface area (Å²) >= 11 is 0. The molecule has 0 radical (unpaired) electrons. The predicted molar refractivity (Wildman–Crippen MR) is 49.0 cm³/mol. The quantitative estimate of drug-likeness (QED) is 0.697. The molecule has 0 fully saturated rings. The molecule has 0 amide bonds. The van der Waals surface area contributed by atoms with E-state index in [4.69, 9.17) is 0 Å². The molecule has 0 aromatic carbocycles. The molecular formula is C9H19F2NO. The maximum atomic E-state index is 11.9. The topological polar surface area (TPSA) is 23.5 Å². The Morgan fingerprint density at radius 1 is 1.31 bits per heavy atom. The zero-order chi connectivity index (χ0) is 10.5. The van der Waals surface area contributed by atoms with Gasteiger partial charge in [0.15, 0.2) is 0 Å². The fraction of sp³-hybridized carbons (Fsp3) is 1.00. The van der Waals surface area contributed by atoms with E-state index in [0.717, 1.165) is 0 Å². The second-order valence-electron chi connectivity index (χ2n) is 3.52. The van der Waals surface area contributed by atoms with Crippen LogP contribution in [-0.4, -0.2) is 42.2 Å². The average Bonchev–Trinajstić information content (AvgIpc) is 2.02. The summed E-state index contributed by atoms with van der Waals surface area (Å²) in [7, 11) is 1.60. The van der Waals surface area contributed by atoms with Crippen molar-refractivity contribution in [2.24, 2.45) is 0 Å². The van der Waals surface area contributed by atoms with Gasteiger partial charge >= 0.3 is 0 Å². The van der Waals surface area contributed by atoms with Crippen LogP contribution in [0.5, 0.6) is 0 Å². The highest BCUT2D eigenvalue weighted by Gasteiger charge is 2.24. The van der Waals surface area contributed by atoms with E-state index in [1.165, 1.54) is 4.90 Å². The van der Waals surface area contributed by atoms with Crippen molar-refractivity contribution < 1.29 is 13.9 Å². The van der Waals surface area contributed by atoms with Crippen molar-refractivity contribution in [3.8, 4) is 0 Å². The van der Waals surface area contributed by atoms with Crippen LogP contribution >= 0.6 is 0 Å². The van der Waals surface area contributed by atoms with Gasteiger partial charge < -0.3 is 5.11 Å². The lowest BCUT2D eigenvalue weighted by Crippen LogP contribution is -2.42. The van der Waals surface area contributed by atoms with E-state index in [1.807, 2.05) is 13.8 Å². The number of rotatable bonds is 6. The van der Waals surface area contributed by atoms with E-state index in [9.17, 15) is 13.9 Å². The van der Waals surface area contributed by atoms with E-state index in [1.54, 1.807) is 7.05 Å². The zero-order valence-electron chi connectivity index (χ0n) is 8.56. The van der Waals surface area contributed by atoms with Crippen LogP contribution in [0.25, 0.3) is 0 Å². The number of likely N-dealkylation sites (N-methyl/N-ethyl adjacent to an activating group) is 1. The van der Waals surface area contributed by atoms with Crippen molar-refractivity contribution >= 4 is 0 Å². The van der Waals surface area contributed by atoms with Gasteiger partial charge in [0, 0.05) is 6.54 Å². The molecule has 0 atom stereocenters. The lowest BCUT2D eigenvalue weighted by Gasteiger charge is -2.30. The van der Waals surface area contributed by atoms with Crippen molar-refractivity contribution in [1.29, 1.82) is 0 Å². The molecule has 4 heteroatoms. The highest BCUT2D eigenvalue weighted by molar-refractivity contribution is 4.78. The van der Waals surface area contributed by atoms with Gasteiger partial charge in [0.2, 0.25) is 0 Å². The summed E-state index contributed by atoms with van der Waals surface area (Å²) in [6.45, 7) is 3.76. The minimum atomic E-state index is -2.33. The molecule has 0 aliphatic rings. The fourth-order valence-electron chi connectivity index (χ4n) is 1.28. The number of hydrogen-bond acceptors (Lipinski definition) is 2. The summed E-state index contributed by atoms with van der Waals surface area (Å²) in [4.78, 5) is 1.47. The van der Waals surface area contributed by atoms with Crippen LogP contribution in [0.1, 0.15) is 26.7 Å². The lowest BCUT2D eigenvalue weighted by atomic mass is 9.97. The predicted octanol–water partition coefficient (Wildman–Crippen LogP) is 1.73. The molecular weight excluding hydrogens is 176 g/mol. The first-order valence-corrected chi connectivity index (χ1v) is 4.62. The average molecular weight is 195 g/mol. The molecule has 0 saturated carbocycles. The maximum Gasteiger partial charge on any atom is 0.251 e. The fourth-order valence-corrected chi connectivity index (χ4v) is 1.28. The van der Waals surface area contributed by atoms with Gasteiger partial charge in [-0.25, -0.2) is 8.78 Å². The Balaban J connectivity index is 3.94. The molecule has 80 valence electrons. The van der Waals surface area contributed by atoms with Gasteiger partial charge in [0.05, 0.1) is 12.1 Å². The van der Waals surface area contributed by atoms with Gasteiger partial charge in [-0.1, -0.05) is 13.8 Å². The molecule has 2 nitrogen and oxygen atoms in total. The zero-order valence-corrected chi connectivity index (χ0v) is 8.56. The highest BCUT2D eigenvalue weighted by Crippen LogP contribution is 2.15. The van der Waals surface area contributed by atoms with E-state index < -0.39 is 12.0 Å². The van der Waals surface area contributed by atoms with Gasteiger partial charge in [0.25, 0.3) is 6.43 Å². The first-order valence-electron chi connectivity index (χ1n) is 4.62. The van der Waals surface area contributed by atoms with Crippen molar-refractivity contribution in [2.45, 2.75) is 38.7 Å². The molecule has 0 heterocycles. The lowest BCUT2D eigenvalue weighted by molar-refractivity contribution is -0.0103. The second-order valence-corrected chi connectivity index (χ2v) is 3.52. The Hall–Kier alpha value is -0.220. The summed E-state index contributed by atoms with van der Waals surface area (Å²) in [6, 6.07) is 0. The van der Waals surface area contributed by atoms with Gasteiger partial charge in [0.1, 0.15) is 0 Å². The van der Waals surface area contributed by atoms with Crippen LogP contribution in [0, 0.1) is 0 Å². The molecule has 0 aliphatic heterocycles. The summed E-state index contributed by atoms with van der Waals surface area (Å²) in [5.41, 5.74) is -0.816. The molecule has 0 rings (SSSR count). The van der Waals surface area contributed by atoms with Gasteiger partial charge in [-0.15, -0.1) is 0 Å². The number of aliphatic hydroxyl groups is 1. The normalized spacial score (nSPS) is 12.9. The van der Waals surface area contributed by atoms with Crippen molar-refractivity contribution in [1.82, 2.24) is 4.90 Å². The number of nitrogens with zero attached hydrogens (tertiary/aromatic N) is 1. The van der Waals surface area contributed by atoms with Crippen LogP contribution in [0.2, 0.25) is 0 Å². The molecule has 0 unspecified atom stereocenters. The van der Waals surface area contributed by atoms with Crippen LogP contribution in [0.3, 0.4) is 0 Å². The smallest absolute Gasteiger partial charge is 0.251 e. The minimum absolute atomic E-state index is 0.275. The summed E-state index contributed by atoms with van der Waals surface area (Å²) in [6.07, 6.45) is -1.14. The Morgan fingerprint density at radius 2 is 1.77 bits per heavy atom. The standard InChI is InChI=1S/C9H19F2NO/c1-4-9(13,5-2)7-12(3)6-8(10)11/h8,13H,4-7H2,1-3H3. The van der Waals surface area contributed by atoms with E-state index >= 15 is 0 Å². The molecule has 0 aromatic rings. The molecule has 13 heavy (non-hydrogen) atoms. The first kappa shape index (κ1) is 12.8. The monoisotopic (exact) mass is 195 g/mol. The van der Waals surface area contributed by atoms with Crippen molar-refractivity contribution in [3.05, 3.63) is 0 Å². The van der Waals surface area contributed by atoms with Crippen molar-refractivity contribution in [2.75, 3.05) is 20.1 Å². The molecule has 0 aliphatic carbocycles. The summed E-state index contributed by atoms with van der Waals surface area (Å²) in [5.74, 6) is 0. The van der Waals surface area contributed by atoms with Crippen LogP contribution in [-0.2, 0) is 0 Å². The third kappa shape index (κ3) is 5.16. The highest BCUT2D eigenvalue weighted by atomic mass is 19.3. The SMILES string of the molecule is CCC(O)(CC)CN(C)CC(F)F.